The van der Waals surface area contributed by atoms with E-state index in [1.54, 1.807) is 36.1 Å². The molecule has 1 saturated heterocycles. The van der Waals surface area contributed by atoms with E-state index < -0.39 is 0 Å². The first-order valence-corrected chi connectivity index (χ1v) is 10.4. The average molecular weight is 435 g/mol. The largest absolute Gasteiger partial charge is 0.395 e. The maximum absolute atomic E-state index is 12.6. The van der Waals surface area contributed by atoms with E-state index in [-0.39, 0.29) is 30.7 Å². The minimum absolute atomic E-state index is 0.103. The molecule has 0 aliphatic carbocycles. The molecule has 1 fully saturated rings. The van der Waals surface area contributed by atoms with E-state index >= 15 is 0 Å². The van der Waals surface area contributed by atoms with Gasteiger partial charge in [0.1, 0.15) is 6.10 Å². The van der Waals surface area contributed by atoms with Crippen LogP contribution in [0.1, 0.15) is 22.0 Å². The summed E-state index contributed by atoms with van der Waals surface area (Å²) in [6.07, 6.45) is 3.12. The number of ether oxygens (including phenoxy) is 1. The fourth-order valence-corrected chi connectivity index (χ4v) is 3.63. The first-order chi connectivity index (χ1) is 15.6. The van der Waals surface area contributed by atoms with Crippen LogP contribution in [0.3, 0.4) is 0 Å². The van der Waals surface area contributed by atoms with Crippen LogP contribution in [0.15, 0.2) is 59.7 Å². The van der Waals surface area contributed by atoms with Gasteiger partial charge in [-0.15, -0.1) is 0 Å². The van der Waals surface area contributed by atoms with Crippen molar-refractivity contribution in [2.45, 2.75) is 6.10 Å². The summed E-state index contributed by atoms with van der Waals surface area (Å²) in [5, 5.41) is 11.5. The van der Waals surface area contributed by atoms with E-state index in [4.69, 9.17) is 14.8 Å². The number of aliphatic hydroxyl groups excluding tert-OH is 1. The van der Waals surface area contributed by atoms with Crippen molar-refractivity contribution in [3.05, 3.63) is 76.3 Å². The Morgan fingerprint density at radius 3 is 2.69 bits per heavy atom. The van der Waals surface area contributed by atoms with Crippen LogP contribution in [0.2, 0.25) is 0 Å². The number of hydrogen-bond acceptors (Lipinski definition) is 7. The predicted octanol–water partition coefficient (Wildman–Crippen LogP) is 1.14. The molecule has 0 bridgehead atoms. The second-order valence-corrected chi connectivity index (χ2v) is 7.48. The molecule has 166 valence electrons. The molecule has 9 nitrogen and oxygen atoms in total. The Morgan fingerprint density at radius 2 is 1.97 bits per heavy atom. The third-order valence-electron chi connectivity index (χ3n) is 5.38. The number of aromatic nitrogens is 3. The van der Waals surface area contributed by atoms with Crippen LogP contribution in [0.4, 0.5) is 5.95 Å². The van der Waals surface area contributed by atoms with Gasteiger partial charge in [-0.1, -0.05) is 12.1 Å². The van der Waals surface area contributed by atoms with E-state index in [9.17, 15) is 9.59 Å². The summed E-state index contributed by atoms with van der Waals surface area (Å²) in [6.45, 7) is 1.73. The predicted molar refractivity (Wildman–Crippen MR) is 119 cm³/mol. The molecule has 1 aromatic carbocycles. The van der Waals surface area contributed by atoms with Crippen molar-refractivity contribution < 1.29 is 14.6 Å². The molecular formula is C23H25N5O4. The van der Waals surface area contributed by atoms with Gasteiger partial charge in [0, 0.05) is 49.7 Å². The van der Waals surface area contributed by atoms with Gasteiger partial charge in [0.2, 0.25) is 5.95 Å². The summed E-state index contributed by atoms with van der Waals surface area (Å²) in [4.78, 5) is 35.5. The zero-order chi connectivity index (χ0) is 22.5. The van der Waals surface area contributed by atoms with E-state index in [1.807, 2.05) is 29.2 Å². The van der Waals surface area contributed by atoms with E-state index in [0.717, 1.165) is 11.1 Å². The van der Waals surface area contributed by atoms with Crippen molar-refractivity contribution in [1.82, 2.24) is 19.9 Å². The van der Waals surface area contributed by atoms with Crippen LogP contribution in [0, 0.1) is 0 Å². The number of carbonyl (C=O) groups excluding carboxylic acids is 1. The molecule has 0 spiro atoms. The van der Waals surface area contributed by atoms with E-state index in [2.05, 4.69) is 10.3 Å². The molecule has 1 aliphatic heterocycles. The molecule has 0 radical (unpaired) electrons. The summed E-state index contributed by atoms with van der Waals surface area (Å²) in [6, 6.07) is 12.4. The number of anilines is 1. The lowest BCUT2D eigenvalue weighted by Gasteiger charge is -2.34. The molecule has 9 heteroatoms. The first-order valence-electron chi connectivity index (χ1n) is 10.4. The summed E-state index contributed by atoms with van der Waals surface area (Å²) >= 11 is 0. The van der Waals surface area contributed by atoms with Crippen molar-refractivity contribution in [3.8, 4) is 11.3 Å². The molecule has 1 aliphatic rings. The van der Waals surface area contributed by atoms with Crippen LogP contribution >= 0.6 is 0 Å². The highest BCUT2D eigenvalue weighted by Gasteiger charge is 2.25. The highest BCUT2D eigenvalue weighted by Crippen LogP contribution is 2.26. The van der Waals surface area contributed by atoms with Gasteiger partial charge in [-0.3, -0.25) is 19.1 Å². The van der Waals surface area contributed by atoms with Crippen LogP contribution in [-0.4, -0.2) is 58.4 Å². The third-order valence-corrected chi connectivity index (χ3v) is 5.38. The average Bonchev–Trinajstić information content (AvgIpc) is 2.85. The van der Waals surface area contributed by atoms with Crippen molar-refractivity contribution in [1.29, 1.82) is 0 Å². The van der Waals surface area contributed by atoms with Crippen molar-refractivity contribution in [2.75, 3.05) is 37.7 Å². The van der Waals surface area contributed by atoms with Gasteiger partial charge in [-0.2, -0.15) is 0 Å². The number of rotatable bonds is 6. The van der Waals surface area contributed by atoms with E-state index in [1.165, 1.54) is 6.07 Å². The number of aliphatic hydroxyl groups is 1. The standard InChI is InChI=1S/C23H25N5O4/c1-27-21(30)14-19(16-6-8-24-9-7-16)26-23(27)28-11-13-32-20(15-28)17-2-4-18(5-3-17)22(31)25-10-12-29/h2-9,14,20,29H,10-13,15H2,1H3,(H,25,31)/t20-/m1/s1. The van der Waals surface area contributed by atoms with Crippen LogP contribution in [0.5, 0.6) is 0 Å². The molecular weight excluding hydrogens is 410 g/mol. The van der Waals surface area contributed by atoms with Gasteiger partial charge in [-0.25, -0.2) is 4.98 Å². The quantitative estimate of drug-likeness (QED) is 0.598. The molecule has 0 unspecified atom stereocenters. The minimum Gasteiger partial charge on any atom is -0.395 e. The molecule has 4 rings (SSSR count). The Morgan fingerprint density at radius 1 is 1.22 bits per heavy atom. The lowest BCUT2D eigenvalue weighted by atomic mass is 10.1. The number of amides is 1. The van der Waals surface area contributed by atoms with Crippen molar-refractivity contribution in [2.24, 2.45) is 7.05 Å². The monoisotopic (exact) mass is 435 g/mol. The summed E-state index contributed by atoms with van der Waals surface area (Å²) in [7, 11) is 1.71. The number of benzene rings is 1. The summed E-state index contributed by atoms with van der Waals surface area (Å²) in [5.74, 6) is 0.349. The Balaban J connectivity index is 1.55. The first kappa shape index (κ1) is 21.7. The zero-order valence-electron chi connectivity index (χ0n) is 17.8. The topological polar surface area (TPSA) is 110 Å². The minimum atomic E-state index is -0.232. The smallest absolute Gasteiger partial charge is 0.255 e. The third kappa shape index (κ3) is 4.68. The van der Waals surface area contributed by atoms with Gasteiger partial charge in [-0.05, 0) is 29.8 Å². The molecule has 1 amide bonds. The number of nitrogens with zero attached hydrogens (tertiary/aromatic N) is 4. The fraction of sp³-hybridized carbons (Fsp3) is 0.304. The number of morpholine rings is 1. The van der Waals surface area contributed by atoms with Gasteiger partial charge < -0.3 is 20.1 Å². The second kappa shape index (κ2) is 9.71. The molecule has 32 heavy (non-hydrogen) atoms. The maximum Gasteiger partial charge on any atom is 0.255 e. The van der Waals surface area contributed by atoms with Crippen LogP contribution in [0.25, 0.3) is 11.3 Å². The lowest BCUT2D eigenvalue weighted by molar-refractivity contribution is 0.0389. The molecule has 3 heterocycles. The number of pyridine rings is 1. The highest BCUT2D eigenvalue weighted by atomic mass is 16.5. The number of carbonyl (C=O) groups is 1. The number of nitrogens with one attached hydrogen (secondary N) is 1. The fourth-order valence-electron chi connectivity index (χ4n) is 3.63. The molecule has 2 N–H and O–H groups in total. The molecule has 0 saturated carbocycles. The summed E-state index contributed by atoms with van der Waals surface area (Å²) in [5.41, 5.74) is 2.75. The van der Waals surface area contributed by atoms with Crippen LogP contribution < -0.4 is 15.8 Å². The van der Waals surface area contributed by atoms with Crippen molar-refractivity contribution >= 4 is 11.9 Å². The van der Waals surface area contributed by atoms with E-state index in [0.29, 0.717) is 36.9 Å². The Hall–Kier alpha value is -3.56. The lowest BCUT2D eigenvalue weighted by Crippen LogP contribution is -2.41. The van der Waals surface area contributed by atoms with Gasteiger partial charge in [0.15, 0.2) is 0 Å². The zero-order valence-corrected chi connectivity index (χ0v) is 17.8. The Bertz CT molecular complexity index is 1130. The summed E-state index contributed by atoms with van der Waals surface area (Å²) < 4.78 is 7.51. The maximum atomic E-state index is 12.6. The SMILES string of the molecule is Cn1c(N2CCO[C@@H](c3ccc(C(=O)NCCO)cc3)C2)nc(-c2ccncc2)cc1=O. The van der Waals surface area contributed by atoms with Gasteiger partial charge >= 0.3 is 0 Å². The highest BCUT2D eigenvalue weighted by molar-refractivity contribution is 5.94. The second-order valence-electron chi connectivity index (χ2n) is 7.48. The Kier molecular flexibility index (Phi) is 6.58. The van der Waals surface area contributed by atoms with Gasteiger partial charge in [0.05, 0.1) is 25.5 Å². The normalized spacial score (nSPS) is 16.1. The number of hydrogen-bond donors (Lipinski definition) is 2. The van der Waals surface area contributed by atoms with Crippen molar-refractivity contribution in [3.63, 3.8) is 0 Å². The molecule has 1 atom stereocenters. The molecule has 2 aromatic heterocycles. The Labute approximate surface area is 185 Å². The molecule has 3 aromatic rings. The van der Waals surface area contributed by atoms with Gasteiger partial charge in [0.25, 0.3) is 11.5 Å². The van der Waals surface area contributed by atoms with Crippen LogP contribution in [-0.2, 0) is 11.8 Å².